The van der Waals surface area contributed by atoms with Crippen LogP contribution in [0, 0.1) is 5.92 Å². The normalized spacial score (nSPS) is 25.4. The molecule has 0 saturated carbocycles. The van der Waals surface area contributed by atoms with Gasteiger partial charge in [0.1, 0.15) is 0 Å². The van der Waals surface area contributed by atoms with Gasteiger partial charge in [-0.05, 0) is 57.8 Å². The first-order valence-corrected chi connectivity index (χ1v) is 12.5. The SMILES string of the molecule is C/C=C(/C)[C@H](O[Si](C)(C)C(C)(C)C)[C@H](C)/C=C(C)/C=C/CC1(C)CO1. The number of hydrogen-bond acceptors (Lipinski definition) is 2. The lowest BCUT2D eigenvalue weighted by atomic mass is 9.96. The largest absolute Gasteiger partial charge is 0.410 e. The van der Waals surface area contributed by atoms with Gasteiger partial charge in [-0.1, -0.05) is 57.6 Å². The van der Waals surface area contributed by atoms with E-state index in [0.717, 1.165) is 13.0 Å². The van der Waals surface area contributed by atoms with Gasteiger partial charge in [0.15, 0.2) is 8.32 Å². The topological polar surface area (TPSA) is 21.8 Å². The van der Waals surface area contributed by atoms with Gasteiger partial charge in [-0.25, -0.2) is 0 Å². The third-order valence-electron chi connectivity index (χ3n) is 5.70. The standard InChI is InChI=1S/C22H40O2Si/c1-11-18(3)20(24-25(9,10)21(5,6)7)19(4)15-17(2)13-12-14-22(8)16-23-22/h11-13,15,19-20H,14,16H2,1-10H3/b13-12+,17-15+,18-11-/t19-,20+,22?/m1/s1. The van der Waals surface area contributed by atoms with Crippen LogP contribution in [0.15, 0.2) is 35.5 Å². The highest BCUT2D eigenvalue weighted by molar-refractivity contribution is 6.74. The second kappa shape index (κ2) is 8.37. The Balaban J connectivity index is 2.85. The molecule has 1 unspecified atom stereocenters. The van der Waals surface area contributed by atoms with Gasteiger partial charge < -0.3 is 9.16 Å². The van der Waals surface area contributed by atoms with E-state index in [2.05, 4.69) is 92.8 Å². The lowest BCUT2D eigenvalue weighted by Gasteiger charge is -2.41. The molecule has 3 atom stereocenters. The molecule has 0 amide bonds. The summed E-state index contributed by atoms with van der Waals surface area (Å²) in [5.74, 6) is 0.350. The Labute approximate surface area is 157 Å². The van der Waals surface area contributed by atoms with Gasteiger partial charge in [-0.2, -0.15) is 0 Å². The minimum absolute atomic E-state index is 0.0952. The van der Waals surface area contributed by atoms with Gasteiger partial charge in [0.05, 0.1) is 18.3 Å². The lowest BCUT2D eigenvalue weighted by Crippen LogP contribution is -2.45. The third-order valence-corrected chi connectivity index (χ3v) is 10.2. The summed E-state index contributed by atoms with van der Waals surface area (Å²) in [5.41, 5.74) is 2.71. The summed E-state index contributed by atoms with van der Waals surface area (Å²) < 4.78 is 12.2. The monoisotopic (exact) mass is 364 g/mol. The minimum atomic E-state index is -1.81. The summed E-state index contributed by atoms with van der Waals surface area (Å²) in [7, 11) is -1.81. The fourth-order valence-corrected chi connectivity index (χ4v) is 3.96. The van der Waals surface area contributed by atoms with E-state index in [9.17, 15) is 0 Å². The highest BCUT2D eigenvalue weighted by atomic mass is 28.4. The molecular weight excluding hydrogens is 324 g/mol. The molecule has 3 heteroatoms. The number of rotatable bonds is 8. The molecule has 1 aliphatic rings. The van der Waals surface area contributed by atoms with Crippen molar-refractivity contribution in [1.29, 1.82) is 0 Å². The molecule has 0 radical (unpaired) electrons. The van der Waals surface area contributed by atoms with Gasteiger partial charge in [0.2, 0.25) is 0 Å². The Kier molecular flexibility index (Phi) is 7.49. The lowest BCUT2D eigenvalue weighted by molar-refractivity contribution is 0.178. The first-order chi connectivity index (χ1) is 11.3. The third kappa shape index (κ3) is 6.88. The molecule has 1 aliphatic heterocycles. The van der Waals surface area contributed by atoms with Gasteiger partial charge in [-0.3, -0.25) is 0 Å². The van der Waals surface area contributed by atoms with Crippen molar-refractivity contribution in [2.24, 2.45) is 5.92 Å². The van der Waals surface area contributed by atoms with Crippen molar-refractivity contribution in [1.82, 2.24) is 0 Å². The molecule has 1 saturated heterocycles. The van der Waals surface area contributed by atoms with Crippen molar-refractivity contribution in [3.63, 3.8) is 0 Å². The van der Waals surface area contributed by atoms with E-state index in [1.165, 1.54) is 11.1 Å². The van der Waals surface area contributed by atoms with Crippen molar-refractivity contribution in [2.45, 2.75) is 91.6 Å². The molecule has 144 valence electrons. The quantitative estimate of drug-likeness (QED) is 0.208. The molecule has 1 fully saturated rings. The molecule has 1 rings (SSSR count). The summed E-state index contributed by atoms with van der Waals surface area (Å²) >= 11 is 0. The Morgan fingerprint density at radius 3 is 2.28 bits per heavy atom. The van der Waals surface area contributed by atoms with E-state index in [-0.39, 0.29) is 16.7 Å². The molecule has 0 aromatic heterocycles. The van der Waals surface area contributed by atoms with Crippen LogP contribution in [0.1, 0.15) is 61.8 Å². The summed E-state index contributed by atoms with van der Waals surface area (Å²) in [5, 5.41) is 0.220. The summed E-state index contributed by atoms with van der Waals surface area (Å²) in [4.78, 5) is 0. The molecule has 25 heavy (non-hydrogen) atoms. The van der Waals surface area contributed by atoms with Gasteiger partial charge >= 0.3 is 0 Å². The van der Waals surface area contributed by atoms with Crippen LogP contribution >= 0.6 is 0 Å². The maximum atomic E-state index is 6.77. The van der Waals surface area contributed by atoms with Crippen molar-refractivity contribution >= 4 is 8.32 Å². The van der Waals surface area contributed by atoms with E-state index in [0.29, 0.717) is 5.92 Å². The number of allylic oxidation sites excluding steroid dienone is 3. The van der Waals surface area contributed by atoms with Crippen LogP contribution in [0.4, 0.5) is 0 Å². The zero-order chi connectivity index (χ0) is 19.5. The minimum Gasteiger partial charge on any atom is -0.410 e. The fraction of sp³-hybridized carbons (Fsp3) is 0.727. The highest BCUT2D eigenvalue weighted by Crippen LogP contribution is 2.39. The van der Waals surface area contributed by atoms with Crippen LogP contribution in [-0.4, -0.2) is 26.6 Å². The Morgan fingerprint density at radius 2 is 1.84 bits per heavy atom. The van der Waals surface area contributed by atoms with Crippen LogP contribution in [0.2, 0.25) is 18.1 Å². The van der Waals surface area contributed by atoms with Gasteiger partial charge in [-0.15, -0.1) is 0 Å². The van der Waals surface area contributed by atoms with E-state index in [1.54, 1.807) is 0 Å². The average molecular weight is 365 g/mol. The van der Waals surface area contributed by atoms with E-state index in [1.807, 2.05) is 0 Å². The molecular formula is C22H40O2Si. The summed E-state index contributed by atoms with van der Waals surface area (Å²) in [6, 6.07) is 0. The number of ether oxygens (including phenoxy) is 1. The van der Waals surface area contributed by atoms with Crippen LogP contribution in [0.3, 0.4) is 0 Å². The maximum Gasteiger partial charge on any atom is 0.192 e. The predicted molar refractivity (Wildman–Crippen MR) is 113 cm³/mol. The molecule has 0 bridgehead atoms. The van der Waals surface area contributed by atoms with Gasteiger partial charge in [0, 0.05) is 5.92 Å². The molecule has 0 N–H and O–H groups in total. The molecule has 2 nitrogen and oxygen atoms in total. The molecule has 0 aromatic rings. The first kappa shape index (κ1) is 22.4. The molecule has 1 heterocycles. The number of hydrogen-bond donors (Lipinski definition) is 0. The Morgan fingerprint density at radius 1 is 1.28 bits per heavy atom. The highest BCUT2D eigenvalue weighted by Gasteiger charge is 2.40. The van der Waals surface area contributed by atoms with Crippen LogP contribution in [-0.2, 0) is 9.16 Å². The van der Waals surface area contributed by atoms with Crippen LogP contribution in [0.5, 0.6) is 0 Å². The molecule has 0 aromatic carbocycles. The second-order valence-corrected chi connectivity index (χ2v) is 14.2. The van der Waals surface area contributed by atoms with E-state index < -0.39 is 8.32 Å². The first-order valence-electron chi connectivity index (χ1n) is 9.61. The van der Waals surface area contributed by atoms with Crippen molar-refractivity contribution in [3.8, 4) is 0 Å². The van der Waals surface area contributed by atoms with Crippen molar-refractivity contribution in [2.75, 3.05) is 6.61 Å². The maximum absolute atomic E-state index is 6.77. The van der Waals surface area contributed by atoms with Gasteiger partial charge in [0.25, 0.3) is 0 Å². The Hall–Kier alpha value is -0.643. The fourth-order valence-electron chi connectivity index (χ4n) is 2.57. The zero-order valence-corrected chi connectivity index (χ0v) is 19.2. The summed E-state index contributed by atoms with van der Waals surface area (Å²) in [6.45, 7) is 23.4. The average Bonchev–Trinajstić information content (AvgIpc) is 3.20. The smallest absolute Gasteiger partial charge is 0.192 e. The summed E-state index contributed by atoms with van der Waals surface area (Å²) in [6.07, 6.45) is 10.1. The second-order valence-electron chi connectivity index (χ2n) is 9.45. The molecule has 0 aliphatic carbocycles. The number of epoxide rings is 1. The van der Waals surface area contributed by atoms with Crippen molar-refractivity contribution < 1.29 is 9.16 Å². The van der Waals surface area contributed by atoms with E-state index in [4.69, 9.17) is 9.16 Å². The molecule has 0 spiro atoms. The predicted octanol–water partition coefficient (Wildman–Crippen LogP) is 6.66. The van der Waals surface area contributed by atoms with Crippen LogP contribution < -0.4 is 0 Å². The zero-order valence-electron chi connectivity index (χ0n) is 18.2. The van der Waals surface area contributed by atoms with E-state index >= 15 is 0 Å². The van der Waals surface area contributed by atoms with Crippen LogP contribution in [0.25, 0.3) is 0 Å². The van der Waals surface area contributed by atoms with Crippen molar-refractivity contribution in [3.05, 3.63) is 35.5 Å². The Bertz CT molecular complexity index is 531.